The molecule has 1 saturated heterocycles. The molecule has 0 radical (unpaired) electrons. The minimum Gasteiger partial charge on any atom is -0.444 e. The highest BCUT2D eigenvalue weighted by atomic mass is 79.9. The minimum atomic E-state index is -0.457. The molecule has 5 nitrogen and oxygen atoms in total. The average molecular weight is 356 g/mol. The largest absolute Gasteiger partial charge is 0.444 e. The molecule has 2 heterocycles. The molecule has 116 valence electrons. The van der Waals surface area contributed by atoms with Crippen LogP contribution in [-0.2, 0) is 4.74 Å². The molecule has 2 rings (SSSR count). The van der Waals surface area contributed by atoms with Crippen molar-refractivity contribution < 1.29 is 9.53 Å². The molecule has 0 bridgehead atoms. The lowest BCUT2D eigenvalue weighted by molar-refractivity contribution is 0.0158. The van der Waals surface area contributed by atoms with Gasteiger partial charge in [-0.1, -0.05) is 0 Å². The number of hydrogen-bond acceptors (Lipinski definition) is 4. The number of piperazine rings is 1. The summed E-state index contributed by atoms with van der Waals surface area (Å²) in [5, 5.41) is 0. The third kappa shape index (κ3) is 4.33. The Morgan fingerprint density at radius 2 is 2.10 bits per heavy atom. The van der Waals surface area contributed by atoms with E-state index in [4.69, 9.17) is 4.74 Å². The Balaban J connectivity index is 1.99. The highest BCUT2D eigenvalue weighted by molar-refractivity contribution is 9.10. The number of amides is 1. The first-order valence-electron chi connectivity index (χ1n) is 7.12. The second-order valence-electron chi connectivity index (χ2n) is 6.30. The fourth-order valence-corrected chi connectivity index (χ4v) is 2.55. The lowest BCUT2D eigenvalue weighted by Crippen LogP contribution is -2.55. The molecule has 6 heteroatoms. The first kappa shape index (κ1) is 16.1. The van der Waals surface area contributed by atoms with Crippen molar-refractivity contribution in [2.24, 2.45) is 0 Å². The van der Waals surface area contributed by atoms with Gasteiger partial charge in [0, 0.05) is 36.3 Å². The van der Waals surface area contributed by atoms with Crippen LogP contribution in [0.25, 0.3) is 0 Å². The summed E-state index contributed by atoms with van der Waals surface area (Å²) in [5.74, 6) is 0.939. The number of carbonyl (C=O) groups is 1. The van der Waals surface area contributed by atoms with E-state index in [9.17, 15) is 4.79 Å². The normalized spacial score (nSPS) is 19.6. The number of anilines is 1. The van der Waals surface area contributed by atoms with Gasteiger partial charge in [0.1, 0.15) is 11.4 Å². The lowest BCUT2D eigenvalue weighted by Gasteiger charge is -2.40. The van der Waals surface area contributed by atoms with Gasteiger partial charge < -0.3 is 14.5 Å². The van der Waals surface area contributed by atoms with Gasteiger partial charge in [-0.25, -0.2) is 9.78 Å². The Morgan fingerprint density at radius 3 is 2.62 bits per heavy atom. The third-order valence-corrected chi connectivity index (χ3v) is 3.76. The summed E-state index contributed by atoms with van der Waals surface area (Å²) in [5.41, 5.74) is -0.457. The van der Waals surface area contributed by atoms with Gasteiger partial charge in [0.15, 0.2) is 0 Å². The van der Waals surface area contributed by atoms with Gasteiger partial charge in [0.2, 0.25) is 0 Å². The Morgan fingerprint density at radius 1 is 1.38 bits per heavy atom. The minimum absolute atomic E-state index is 0.0963. The van der Waals surface area contributed by atoms with E-state index in [0.717, 1.165) is 23.4 Å². The van der Waals surface area contributed by atoms with Crippen LogP contribution >= 0.6 is 15.9 Å². The van der Waals surface area contributed by atoms with Gasteiger partial charge >= 0.3 is 6.09 Å². The monoisotopic (exact) mass is 355 g/mol. The van der Waals surface area contributed by atoms with Crippen LogP contribution in [-0.4, -0.2) is 47.3 Å². The summed E-state index contributed by atoms with van der Waals surface area (Å²) < 4.78 is 6.42. The van der Waals surface area contributed by atoms with E-state index in [1.165, 1.54) is 0 Å². The number of hydrogen-bond donors (Lipinski definition) is 0. The molecular weight excluding hydrogens is 334 g/mol. The van der Waals surface area contributed by atoms with Crippen LogP contribution in [0.3, 0.4) is 0 Å². The maximum atomic E-state index is 12.2. The zero-order chi connectivity index (χ0) is 15.6. The zero-order valence-corrected chi connectivity index (χ0v) is 14.6. The van der Waals surface area contributed by atoms with Gasteiger partial charge in [0.05, 0.1) is 0 Å². The molecule has 1 atom stereocenters. The molecule has 1 aliphatic heterocycles. The lowest BCUT2D eigenvalue weighted by atomic mass is 10.2. The number of halogens is 1. The molecule has 1 fully saturated rings. The summed E-state index contributed by atoms with van der Waals surface area (Å²) in [6, 6.07) is 4.06. The van der Waals surface area contributed by atoms with Gasteiger partial charge in [-0.05, 0) is 55.8 Å². The van der Waals surface area contributed by atoms with Crippen LogP contribution in [0, 0.1) is 0 Å². The number of aromatic nitrogens is 1. The van der Waals surface area contributed by atoms with E-state index >= 15 is 0 Å². The predicted molar refractivity (Wildman–Crippen MR) is 86.6 cm³/mol. The van der Waals surface area contributed by atoms with Crippen molar-refractivity contribution in [3.05, 3.63) is 22.8 Å². The Bertz CT molecular complexity index is 499. The molecule has 0 spiro atoms. The highest BCUT2D eigenvalue weighted by Gasteiger charge is 2.31. The molecule has 21 heavy (non-hydrogen) atoms. The molecule has 0 aromatic carbocycles. The van der Waals surface area contributed by atoms with Crippen LogP contribution in [0.5, 0.6) is 0 Å². The molecule has 1 aromatic rings. The van der Waals surface area contributed by atoms with Gasteiger partial charge in [-0.3, -0.25) is 0 Å². The van der Waals surface area contributed by atoms with Crippen LogP contribution in [0.2, 0.25) is 0 Å². The third-order valence-electron chi connectivity index (χ3n) is 3.29. The highest BCUT2D eigenvalue weighted by Crippen LogP contribution is 2.20. The number of ether oxygens (including phenoxy) is 1. The zero-order valence-electron chi connectivity index (χ0n) is 13.0. The van der Waals surface area contributed by atoms with E-state index in [1.807, 2.05) is 39.8 Å². The first-order valence-corrected chi connectivity index (χ1v) is 7.92. The predicted octanol–water partition coefficient (Wildman–Crippen LogP) is 3.29. The van der Waals surface area contributed by atoms with Crippen LogP contribution < -0.4 is 4.90 Å². The van der Waals surface area contributed by atoms with E-state index in [-0.39, 0.29) is 12.1 Å². The van der Waals surface area contributed by atoms with E-state index in [1.54, 1.807) is 11.1 Å². The summed E-state index contributed by atoms with van der Waals surface area (Å²) in [6.07, 6.45) is 1.55. The summed E-state index contributed by atoms with van der Waals surface area (Å²) in [7, 11) is 0. The van der Waals surface area contributed by atoms with Crippen molar-refractivity contribution in [3.63, 3.8) is 0 Å². The molecule has 1 aromatic heterocycles. The van der Waals surface area contributed by atoms with Crippen molar-refractivity contribution in [1.82, 2.24) is 9.88 Å². The molecule has 0 N–H and O–H groups in total. The molecule has 1 aliphatic rings. The van der Waals surface area contributed by atoms with E-state index in [2.05, 4.69) is 25.8 Å². The number of carbonyl (C=O) groups excluding carboxylic acids is 1. The van der Waals surface area contributed by atoms with Crippen molar-refractivity contribution >= 4 is 27.8 Å². The molecule has 1 unspecified atom stereocenters. The fraction of sp³-hybridized carbons (Fsp3) is 0.600. The van der Waals surface area contributed by atoms with Crippen LogP contribution in [0.15, 0.2) is 22.8 Å². The summed E-state index contributed by atoms with van der Waals surface area (Å²) in [4.78, 5) is 20.6. The Hall–Kier alpha value is -1.30. The van der Waals surface area contributed by atoms with Crippen molar-refractivity contribution in [2.45, 2.75) is 39.3 Å². The second kappa shape index (κ2) is 6.22. The maximum absolute atomic E-state index is 12.2. The van der Waals surface area contributed by atoms with Gasteiger partial charge in [-0.15, -0.1) is 0 Å². The van der Waals surface area contributed by atoms with Crippen molar-refractivity contribution in [3.8, 4) is 0 Å². The van der Waals surface area contributed by atoms with Crippen molar-refractivity contribution in [2.75, 3.05) is 24.5 Å². The van der Waals surface area contributed by atoms with Crippen molar-refractivity contribution in [1.29, 1.82) is 0 Å². The number of nitrogens with zero attached hydrogens (tertiary/aromatic N) is 3. The Labute approximate surface area is 134 Å². The number of pyridine rings is 1. The number of rotatable bonds is 1. The standard InChI is InChI=1S/C15H22BrN3O2/c1-11-10-18(13-6-5-12(16)9-17-13)7-8-19(11)14(20)21-15(2,3)4/h5-6,9,11H,7-8,10H2,1-4H3. The second-order valence-corrected chi connectivity index (χ2v) is 7.22. The molecule has 0 aliphatic carbocycles. The smallest absolute Gasteiger partial charge is 0.410 e. The van der Waals surface area contributed by atoms with E-state index < -0.39 is 5.60 Å². The molecule has 0 saturated carbocycles. The fourth-order valence-electron chi connectivity index (χ4n) is 2.31. The van der Waals surface area contributed by atoms with Crippen LogP contribution in [0.4, 0.5) is 10.6 Å². The first-order chi connectivity index (χ1) is 9.76. The Kier molecular flexibility index (Phi) is 4.76. The quantitative estimate of drug-likeness (QED) is 0.775. The molecular formula is C15H22BrN3O2. The van der Waals surface area contributed by atoms with Gasteiger partial charge in [-0.2, -0.15) is 0 Å². The maximum Gasteiger partial charge on any atom is 0.410 e. The topological polar surface area (TPSA) is 45.7 Å². The molecule has 1 amide bonds. The SMILES string of the molecule is CC1CN(c2ccc(Br)cn2)CCN1C(=O)OC(C)(C)C. The van der Waals surface area contributed by atoms with E-state index in [0.29, 0.717) is 6.54 Å². The van der Waals surface area contributed by atoms with Crippen LogP contribution in [0.1, 0.15) is 27.7 Å². The summed E-state index contributed by atoms with van der Waals surface area (Å²) >= 11 is 3.39. The summed E-state index contributed by atoms with van der Waals surface area (Å²) in [6.45, 7) is 9.86. The van der Waals surface area contributed by atoms with Gasteiger partial charge in [0.25, 0.3) is 0 Å². The average Bonchev–Trinajstić information content (AvgIpc) is 2.37.